The van der Waals surface area contributed by atoms with Gasteiger partial charge in [0.05, 0.1) is 12.6 Å². The number of β-amino-alcohol motifs (C(OH)–C–C–N with tert-alkyl or cyclic N) is 1. The second kappa shape index (κ2) is 8.30. The van der Waals surface area contributed by atoms with Gasteiger partial charge in [-0.15, -0.1) is 0 Å². The van der Waals surface area contributed by atoms with Crippen LogP contribution in [0.15, 0.2) is 30.3 Å². The first kappa shape index (κ1) is 19.0. The molecule has 2 heterocycles. The van der Waals surface area contributed by atoms with Crippen LogP contribution in [0.5, 0.6) is 0 Å². The van der Waals surface area contributed by atoms with E-state index in [-0.39, 0.29) is 48.7 Å². The molecule has 7 nitrogen and oxygen atoms in total. The molecule has 144 valence electrons. The normalized spacial score (nSPS) is 16.4. The number of carbonyl (C=O) groups excluding carboxylic acids is 2. The first-order valence-corrected chi connectivity index (χ1v) is 9.06. The van der Waals surface area contributed by atoms with Crippen LogP contribution in [0.25, 0.3) is 0 Å². The molecule has 1 aromatic heterocycles. The van der Waals surface area contributed by atoms with Crippen LogP contribution >= 0.6 is 0 Å². The number of hydrogen-bond donors (Lipinski definition) is 2. The van der Waals surface area contributed by atoms with Gasteiger partial charge in [0.15, 0.2) is 5.69 Å². The number of fused-ring (bicyclic) bond motifs is 1. The third-order valence-corrected chi connectivity index (χ3v) is 4.50. The number of hydrogen-bond acceptors (Lipinski definition) is 4. The number of benzene rings is 1. The largest absolute Gasteiger partial charge is 0.389 e. The Bertz CT molecular complexity index is 836. The molecule has 1 aliphatic rings. The third-order valence-electron chi connectivity index (χ3n) is 4.50. The SMILES string of the molecule is CCCCN(Cc1ccccc1F)C(=O)c1cc2n(n1)C[C@@H](O)CNC2=O. The number of aliphatic hydroxyl groups is 1. The average molecular weight is 374 g/mol. The van der Waals surface area contributed by atoms with Gasteiger partial charge in [0.2, 0.25) is 0 Å². The van der Waals surface area contributed by atoms with Crippen LogP contribution in [0.2, 0.25) is 0 Å². The van der Waals surface area contributed by atoms with Crippen molar-refractivity contribution in [1.82, 2.24) is 20.0 Å². The van der Waals surface area contributed by atoms with Crippen molar-refractivity contribution in [2.24, 2.45) is 0 Å². The van der Waals surface area contributed by atoms with E-state index < -0.39 is 6.10 Å². The van der Waals surface area contributed by atoms with Crippen LogP contribution in [0.4, 0.5) is 4.39 Å². The summed E-state index contributed by atoms with van der Waals surface area (Å²) < 4.78 is 15.4. The molecule has 0 radical (unpaired) electrons. The number of unbranched alkanes of at least 4 members (excludes halogenated alkanes) is 1. The first-order valence-electron chi connectivity index (χ1n) is 9.06. The van der Waals surface area contributed by atoms with Crippen LogP contribution in [-0.4, -0.2) is 50.8 Å². The molecule has 8 heteroatoms. The van der Waals surface area contributed by atoms with Crippen LogP contribution in [-0.2, 0) is 13.1 Å². The minimum atomic E-state index is -0.771. The van der Waals surface area contributed by atoms with Crippen molar-refractivity contribution in [2.75, 3.05) is 13.1 Å². The molecule has 0 bridgehead atoms. The summed E-state index contributed by atoms with van der Waals surface area (Å²) in [5.74, 6) is -1.11. The van der Waals surface area contributed by atoms with E-state index in [4.69, 9.17) is 0 Å². The van der Waals surface area contributed by atoms with Gasteiger partial charge in [0.25, 0.3) is 11.8 Å². The zero-order valence-electron chi connectivity index (χ0n) is 15.2. The second-order valence-electron chi connectivity index (χ2n) is 6.63. The van der Waals surface area contributed by atoms with Crippen molar-refractivity contribution in [3.05, 3.63) is 53.1 Å². The number of halogens is 1. The first-order chi connectivity index (χ1) is 13.0. The molecule has 0 fully saturated rings. The van der Waals surface area contributed by atoms with Gasteiger partial charge >= 0.3 is 0 Å². The van der Waals surface area contributed by atoms with E-state index in [1.807, 2.05) is 6.92 Å². The van der Waals surface area contributed by atoms with Crippen LogP contribution in [0, 0.1) is 5.82 Å². The van der Waals surface area contributed by atoms with Gasteiger partial charge < -0.3 is 15.3 Å². The van der Waals surface area contributed by atoms with Gasteiger partial charge in [0, 0.05) is 31.3 Å². The van der Waals surface area contributed by atoms with Crippen molar-refractivity contribution in [3.8, 4) is 0 Å². The van der Waals surface area contributed by atoms with Crippen molar-refractivity contribution >= 4 is 11.8 Å². The lowest BCUT2D eigenvalue weighted by Crippen LogP contribution is -2.33. The highest BCUT2D eigenvalue weighted by Gasteiger charge is 2.26. The molecule has 2 N–H and O–H groups in total. The van der Waals surface area contributed by atoms with Crippen molar-refractivity contribution < 1.29 is 19.1 Å². The summed E-state index contributed by atoms with van der Waals surface area (Å²) in [4.78, 5) is 26.6. The number of carbonyl (C=O) groups is 2. The van der Waals surface area contributed by atoms with Crippen molar-refractivity contribution in [2.45, 2.75) is 39.0 Å². The summed E-state index contributed by atoms with van der Waals surface area (Å²) in [5.41, 5.74) is 0.772. The van der Waals surface area contributed by atoms with E-state index in [1.165, 1.54) is 16.8 Å². The highest BCUT2D eigenvalue weighted by Crippen LogP contribution is 2.16. The summed E-state index contributed by atoms with van der Waals surface area (Å²) in [7, 11) is 0. The van der Waals surface area contributed by atoms with Crippen molar-refractivity contribution in [1.29, 1.82) is 0 Å². The molecule has 1 atom stereocenters. The van der Waals surface area contributed by atoms with Crippen LogP contribution in [0.3, 0.4) is 0 Å². The fraction of sp³-hybridized carbons (Fsp3) is 0.421. The predicted molar refractivity (Wildman–Crippen MR) is 96.6 cm³/mol. The monoisotopic (exact) mass is 374 g/mol. The molecule has 0 saturated heterocycles. The third kappa shape index (κ3) is 4.33. The highest BCUT2D eigenvalue weighted by molar-refractivity contribution is 5.98. The minimum Gasteiger partial charge on any atom is -0.389 e. The molecule has 27 heavy (non-hydrogen) atoms. The molecule has 0 aliphatic carbocycles. The Kier molecular flexibility index (Phi) is 5.85. The highest BCUT2D eigenvalue weighted by atomic mass is 19.1. The van der Waals surface area contributed by atoms with E-state index in [9.17, 15) is 19.1 Å². The summed E-state index contributed by atoms with van der Waals surface area (Å²) in [6.45, 7) is 2.87. The summed E-state index contributed by atoms with van der Waals surface area (Å²) in [5, 5.41) is 16.6. The van der Waals surface area contributed by atoms with Gasteiger partial charge in [-0.25, -0.2) is 4.39 Å². The molecule has 3 rings (SSSR count). The second-order valence-corrected chi connectivity index (χ2v) is 6.63. The lowest BCUT2D eigenvalue weighted by Gasteiger charge is -2.22. The Morgan fingerprint density at radius 1 is 1.44 bits per heavy atom. The van der Waals surface area contributed by atoms with E-state index in [0.29, 0.717) is 12.1 Å². The number of amides is 2. The Morgan fingerprint density at radius 3 is 2.96 bits per heavy atom. The summed E-state index contributed by atoms with van der Waals surface area (Å²) in [6.07, 6.45) is 0.884. The smallest absolute Gasteiger partial charge is 0.274 e. The van der Waals surface area contributed by atoms with Gasteiger partial charge in [-0.1, -0.05) is 31.5 Å². The van der Waals surface area contributed by atoms with E-state index in [0.717, 1.165) is 12.8 Å². The Balaban J connectivity index is 1.86. The summed E-state index contributed by atoms with van der Waals surface area (Å²) in [6, 6.07) is 7.77. The lowest BCUT2D eigenvalue weighted by atomic mass is 10.1. The van der Waals surface area contributed by atoms with Crippen molar-refractivity contribution in [3.63, 3.8) is 0 Å². The summed E-state index contributed by atoms with van der Waals surface area (Å²) >= 11 is 0. The molecule has 1 aliphatic heterocycles. The standard InChI is InChI=1S/C19H23FN4O3/c1-2-3-8-23(11-13-6-4-5-7-15(13)20)19(27)16-9-17-18(26)21-10-14(25)12-24(17)22-16/h4-7,9,14,25H,2-3,8,10-12H2,1H3,(H,21,26)/t14-/m0/s1. The van der Waals surface area contributed by atoms with Gasteiger partial charge in [-0.05, 0) is 12.5 Å². The Labute approximate surface area is 156 Å². The Hall–Kier alpha value is -2.74. The zero-order valence-corrected chi connectivity index (χ0v) is 15.2. The number of nitrogens with one attached hydrogen (secondary N) is 1. The number of rotatable bonds is 6. The molecular weight excluding hydrogens is 351 g/mol. The van der Waals surface area contributed by atoms with Crippen LogP contribution < -0.4 is 5.32 Å². The fourth-order valence-corrected chi connectivity index (χ4v) is 3.00. The molecule has 2 aromatic rings. The lowest BCUT2D eigenvalue weighted by molar-refractivity contribution is 0.0731. The topological polar surface area (TPSA) is 87.5 Å². The quantitative estimate of drug-likeness (QED) is 0.803. The maximum atomic E-state index is 14.0. The maximum absolute atomic E-state index is 14.0. The molecule has 0 saturated carbocycles. The number of nitrogens with zero attached hydrogens (tertiary/aromatic N) is 3. The molecule has 0 spiro atoms. The van der Waals surface area contributed by atoms with Gasteiger partial charge in [-0.3, -0.25) is 14.3 Å². The fourth-order valence-electron chi connectivity index (χ4n) is 3.00. The van der Waals surface area contributed by atoms with E-state index in [1.54, 1.807) is 23.1 Å². The minimum absolute atomic E-state index is 0.113. The zero-order chi connectivity index (χ0) is 19.4. The molecule has 1 aromatic carbocycles. The van der Waals surface area contributed by atoms with E-state index in [2.05, 4.69) is 10.4 Å². The van der Waals surface area contributed by atoms with E-state index >= 15 is 0 Å². The molecule has 2 amide bonds. The van der Waals surface area contributed by atoms with Gasteiger partial charge in [0.1, 0.15) is 11.5 Å². The maximum Gasteiger partial charge on any atom is 0.274 e. The Morgan fingerprint density at radius 2 is 2.22 bits per heavy atom. The molecule has 0 unspecified atom stereocenters. The predicted octanol–water partition coefficient (Wildman–Crippen LogP) is 1.57. The van der Waals surface area contributed by atoms with Gasteiger partial charge in [-0.2, -0.15) is 5.10 Å². The number of aromatic nitrogens is 2. The molecular formula is C19H23FN4O3. The average Bonchev–Trinajstić information content (AvgIpc) is 3.02. The number of aliphatic hydroxyl groups excluding tert-OH is 1. The van der Waals surface area contributed by atoms with Crippen LogP contribution in [0.1, 0.15) is 46.3 Å².